The quantitative estimate of drug-likeness (QED) is 0.173. The van der Waals surface area contributed by atoms with Gasteiger partial charge < -0.3 is 4.42 Å². The fraction of sp³-hybridized carbons (Fsp3) is 0.213. The molecule has 0 saturated carbocycles. The molecule has 1 aromatic heterocycles. The van der Waals surface area contributed by atoms with Gasteiger partial charge in [-0.15, -0.1) is 0 Å². The SMILES string of the molecule is CC(C)(C)c1cc2c(cc1-c1ccc(-c3ccc(-c4ccc5c(c4)C(C)(C)c4cc6c(cc4-5)C(C)(C)c4ccc5ccccc5c4-6)o3)cc1)C(C)(C)c1ccc3ccccc3c1-2. The van der Waals surface area contributed by atoms with E-state index in [1.54, 1.807) is 0 Å². The molecule has 0 bridgehead atoms. The lowest BCUT2D eigenvalue weighted by atomic mass is 9.76. The van der Waals surface area contributed by atoms with Crippen LogP contribution in [0.5, 0.6) is 0 Å². The summed E-state index contributed by atoms with van der Waals surface area (Å²) in [5, 5.41) is 5.28. The van der Waals surface area contributed by atoms with Crippen molar-refractivity contribution in [1.29, 1.82) is 0 Å². The minimum absolute atomic E-state index is 0.0425. The van der Waals surface area contributed by atoms with Gasteiger partial charge in [0.25, 0.3) is 0 Å². The van der Waals surface area contributed by atoms with E-state index in [0.717, 1.165) is 22.6 Å². The third-order valence-electron chi connectivity index (χ3n) is 15.2. The van der Waals surface area contributed by atoms with Crippen molar-refractivity contribution >= 4 is 21.5 Å². The lowest BCUT2D eigenvalue weighted by molar-refractivity contribution is 0.590. The molecule has 9 aromatic rings. The summed E-state index contributed by atoms with van der Waals surface area (Å²) in [7, 11) is 0. The van der Waals surface area contributed by atoms with Gasteiger partial charge in [-0.25, -0.2) is 0 Å². The predicted molar refractivity (Wildman–Crippen MR) is 261 cm³/mol. The molecule has 62 heavy (non-hydrogen) atoms. The average Bonchev–Trinajstić information content (AvgIpc) is 3.97. The molecule has 12 rings (SSSR count). The van der Waals surface area contributed by atoms with Crippen molar-refractivity contribution in [3.05, 3.63) is 191 Å². The standard InChI is InChI=1S/C61H52O/c1-58(2,3)49-33-45-52(59(4,5)47-26-23-35-14-10-12-16-40(35)56(45)47)31-43(49)37-18-20-38(21-19-37)54-28-29-55(62-54)39-22-25-42-44-32-53-46(34-51(44)61(8,9)50(42)30-39)57-41-17-13-11-15-36(41)24-27-48(57)60(53,6)7/h10-34H,1-9H3. The fourth-order valence-corrected chi connectivity index (χ4v) is 11.8. The van der Waals surface area contributed by atoms with Crippen LogP contribution in [-0.4, -0.2) is 0 Å². The monoisotopic (exact) mass is 800 g/mol. The number of fused-ring (bicyclic) bond motifs is 13. The van der Waals surface area contributed by atoms with Crippen LogP contribution in [0.4, 0.5) is 0 Å². The molecule has 0 N–H and O–H groups in total. The minimum Gasteiger partial charge on any atom is -0.456 e. The molecule has 1 heterocycles. The van der Waals surface area contributed by atoms with Gasteiger partial charge in [-0.05, 0) is 153 Å². The maximum Gasteiger partial charge on any atom is 0.134 e. The summed E-state index contributed by atoms with van der Waals surface area (Å²) >= 11 is 0. The van der Waals surface area contributed by atoms with Gasteiger partial charge in [0, 0.05) is 27.4 Å². The van der Waals surface area contributed by atoms with Crippen LogP contribution < -0.4 is 0 Å². The smallest absolute Gasteiger partial charge is 0.134 e. The van der Waals surface area contributed by atoms with E-state index < -0.39 is 0 Å². The molecule has 0 aliphatic heterocycles. The first-order chi connectivity index (χ1) is 29.6. The third kappa shape index (κ3) is 5.03. The van der Waals surface area contributed by atoms with Crippen LogP contribution in [0.25, 0.3) is 88.7 Å². The van der Waals surface area contributed by atoms with Gasteiger partial charge in [-0.3, -0.25) is 0 Å². The molecule has 8 aromatic carbocycles. The van der Waals surface area contributed by atoms with Crippen molar-refractivity contribution in [2.75, 3.05) is 0 Å². The maximum absolute atomic E-state index is 6.72. The Morgan fingerprint density at radius 1 is 0.355 bits per heavy atom. The summed E-state index contributed by atoms with van der Waals surface area (Å²) in [6.45, 7) is 21.4. The van der Waals surface area contributed by atoms with Crippen molar-refractivity contribution in [3.8, 4) is 67.2 Å². The molecular formula is C61H52O. The van der Waals surface area contributed by atoms with Gasteiger partial charge in [0.1, 0.15) is 11.5 Å². The highest BCUT2D eigenvalue weighted by Gasteiger charge is 2.43. The Bertz CT molecular complexity index is 3390. The third-order valence-corrected chi connectivity index (χ3v) is 15.2. The van der Waals surface area contributed by atoms with Crippen molar-refractivity contribution in [2.24, 2.45) is 0 Å². The van der Waals surface area contributed by atoms with E-state index in [1.807, 2.05) is 0 Å². The summed E-state index contributed by atoms with van der Waals surface area (Å²) in [6, 6.07) is 57.3. The van der Waals surface area contributed by atoms with Crippen molar-refractivity contribution in [1.82, 2.24) is 0 Å². The molecular weight excluding hydrogens is 749 g/mol. The van der Waals surface area contributed by atoms with E-state index in [0.29, 0.717) is 0 Å². The zero-order chi connectivity index (χ0) is 42.7. The lowest BCUT2D eigenvalue weighted by Gasteiger charge is -2.27. The molecule has 0 atom stereocenters. The van der Waals surface area contributed by atoms with Crippen LogP contribution in [0, 0.1) is 0 Å². The van der Waals surface area contributed by atoms with Crippen molar-refractivity contribution in [2.45, 2.75) is 84.0 Å². The zero-order valence-corrected chi connectivity index (χ0v) is 37.3. The highest BCUT2D eigenvalue weighted by molar-refractivity contribution is 6.05. The molecule has 0 unspecified atom stereocenters. The molecule has 302 valence electrons. The van der Waals surface area contributed by atoms with Gasteiger partial charge in [0.2, 0.25) is 0 Å². The van der Waals surface area contributed by atoms with Crippen LogP contribution >= 0.6 is 0 Å². The van der Waals surface area contributed by atoms with Gasteiger partial charge in [-0.2, -0.15) is 0 Å². The lowest BCUT2D eigenvalue weighted by Crippen LogP contribution is -2.17. The van der Waals surface area contributed by atoms with Gasteiger partial charge in [-0.1, -0.05) is 172 Å². The van der Waals surface area contributed by atoms with Gasteiger partial charge in [0.05, 0.1) is 0 Å². The second-order valence-electron chi connectivity index (χ2n) is 20.9. The Kier molecular flexibility index (Phi) is 7.44. The molecule has 1 heteroatoms. The van der Waals surface area contributed by atoms with Crippen LogP contribution in [0.15, 0.2) is 156 Å². The molecule has 1 nitrogen and oxygen atoms in total. The highest BCUT2D eigenvalue weighted by atomic mass is 16.3. The van der Waals surface area contributed by atoms with E-state index >= 15 is 0 Å². The largest absolute Gasteiger partial charge is 0.456 e. The van der Waals surface area contributed by atoms with E-state index in [4.69, 9.17) is 4.42 Å². The van der Waals surface area contributed by atoms with Gasteiger partial charge in [0.15, 0.2) is 0 Å². The van der Waals surface area contributed by atoms with Crippen LogP contribution in [-0.2, 0) is 21.7 Å². The molecule has 3 aliphatic carbocycles. The van der Waals surface area contributed by atoms with Crippen molar-refractivity contribution < 1.29 is 4.42 Å². The number of rotatable bonds is 3. The summed E-state index contributed by atoms with van der Waals surface area (Å²) in [4.78, 5) is 0. The maximum atomic E-state index is 6.72. The van der Waals surface area contributed by atoms with Gasteiger partial charge >= 0.3 is 0 Å². The Hall–Kier alpha value is -6.44. The van der Waals surface area contributed by atoms with Crippen LogP contribution in [0.1, 0.15) is 101 Å². The minimum atomic E-state index is -0.159. The number of hydrogen-bond donors (Lipinski definition) is 0. The van der Waals surface area contributed by atoms with Crippen LogP contribution in [0.3, 0.4) is 0 Å². The Balaban J connectivity index is 0.882. The van der Waals surface area contributed by atoms with E-state index in [2.05, 4.69) is 214 Å². The molecule has 0 fully saturated rings. The normalized spacial score (nSPS) is 15.9. The first-order valence-corrected chi connectivity index (χ1v) is 22.4. The first kappa shape index (κ1) is 37.3. The summed E-state index contributed by atoms with van der Waals surface area (Å²) in [6.07, 6.45) is 0. The molecule has 3 aliphatic rings. The summed E-state index contributed by atoms with van der Waals surface area (Å²) in [5.41, 5.74) is 22.4. The molecule has 0 spiro atoms. The number of benzene rings is 8. The fourth-order valence-electron chi connectivity index (χ4n) is 11.8. The zero-order valence-electron chi connectivity index (χ0n) is 37.3. The number of hydrogen-bond acceptors (Lipinski definition) is 1. The molecule has 0 saturated heterocycles. The topological polar surface area (TPSA) is 13.1 Å². The Morgan fingerprint density at radius 2 is 0.806 bits per heavy atom. The second kappa shape index (κ2) is 12.4. The molecule has 0 radical (unpaired) electrons. The van der Waals surface area contributed by atoms with E-state index in [1.165, 1.54) is 105 Å². The van der Waals surface area contributed by atoms with E-state index in [9.17, 15) is 0 Å². The first-order valence-electron chi connectivity index (χ1n) is 22.4. The summed E-state index contributed by atoms with van der Waals surface area (Å²) in [5.74, 6) is 1.78. The number of furan rings is 1. The second-order valence-corrected chi connectivity index (χ2v) is 20.9. The highest BCUT2D eigenvalue weighted by Crippen LogP contribution is 2.58. The van der Waals surface area contributed by atoms with E-state index in [-0.39, 0.29) is 21.7 Å². The molecule has 0 amide bonds. The average molecular weight is 801 g/mol. The predicted octanol–water partition coefficient (Wildman–Crippen LogP) is 16.8. The Morgan fingerprint density at radius 3 is 1.40 bits per heavy atom. The van der Waals surface area contributed by atoms with Crippen LogP contribution in [0.2, 0.25) is 0 Å². The summed E-state index contributed by atoms with van der Waals surface area (Å²) < 4.78 is 6.72. The van der Waals surface area contributed by atoms with Crippen molar-refractivity contribution in [3.63, 3.8) is 0 Å². The Labute approximate surface area is 366 Å².